The van der Waals surface area contributed by atoms with Crippen molar-refractivity contribution in [3.05, 3.63) is 89.5 Å². The molecule has 6 rings (SSSR count). The topological polar surface area (TPSA) is 90.0 Å². The van der Waals surface area contributed by atoms with Crippen molar-refractivity contribution >= 4 is 19.9 Å². The molecule has 0 N–H and O–H groups in total. The van der Waals surface area contributed by atoms with Gasteiger partial charge < -0.3 is 9.47 Å². The molecule has 0 bridgehead atoms. The largest absolute Gasteiger partial charge is 0.497 e. The molecule has 0 aromatic heterocycles. The number of methoxy groups -OCH3 is 1. The summed E-state index contributed by atoms with van der Waals surface area (Å²) in [5, 5.41) is -0.758. The molecular formula is C33H39F2NO6S2. The van der Waals surface area contributed by atoms with Crippen molar-refractivity contribution in [1.82, 2.24) is 4.31 Å². The van der Waals surface area contributed by atoms with Crippen LogP contribution in [0, 0.1) is 23.5 Å². The molecule has 2 heterocycles. The van der Waals surface area contributed by atoms with Crippen LogP contribution in [0.1, 0.15) is 57.6 Å². The Kier molecular flexibility index (Phi) is 9.13. The van der Waals surface area contributed by atoms with Crippen LogP contribution in [0.2, 0.25) is 0 Å². The SMILES string of the molecule is CC.CC[C@@H]1C[C@@H]2[C@@H](CC[C@@]3(S(=O)(=O)c4ccccc4)c4c(F)ccc(F)c4OC[C@@H]23)N(Cc2ccc(OC)cc2)S1(=O)=O. The zero-order chi connectivity index (χ0) is 31.9. The molecule has 238 valence electrons. The summed E-state index contributed by atoms with van der Waals surface area (Å²) in [7, 11) is -6.48. The standard InChI is InChI=1S/C31H33F2NO6S2.C2H6/c1-3-22-17-24-25-19-40-30-27(33)14-13-26(32)29(30)31(25,41(35,36)23-7-5-4-6-8-23)16-15-28(24)34(42(22,37)38)18-20-9-11-21(39-2)12-10-20;1-2/h4-14,22,24-25,28H,3,15-19H2,1-2H3;1-2H3/t22-,24+,25+,28-,31+;/m1./s1. The minimum Gasteiger partial charge on any atom is -0.497 e. The van der Waals surface area contributed by atoms with Gasteiger partial charge in [-0.15, -0.1) is 0 Å². The molecule has 0 spiro atoms. The van der Waals surface area contributed by atoms with Crippen molar-refractivity contribution < 1.29 is 35.1 Å². The molecule has 1 saturated heterocycles. The number of halogens is 2. The maximum atomic E-state index is 15.8. The Hall–Kier alpha value is -3.02. The third-order valence-corrected chi connectivity index (χ3v) is 14.4. The molecule has 3 aliphatic rings. The van der Waals surface area contributed by atoms with Gasteiger partial charge in [0.15, 0.2) is 21.4 Å². The van der Waals surface area contributed by atoms with E-state index in [1.807, 2.05) is 26.0 Å². The minimum atomic E-state index is -4.29. The average Bonchev–Trinajstić information content (AvgIpc) is 3.04. The van der Waals surface area contributed by atoms with Gasteiger partial charge >= 0.3 is 0 Å². The van der Waals surface area contributed by atoms with Crippen molar-refractivity contribution in [2.75, 3.05) is 13.7 Å². The van der Waals surface area contributed by atoms with Gasteiger partial charge in [0.25, 0.3) is 0 Å². The normalized spacial score (nSPS) is 27.4. The number of sulfone groups is 1. The highest BCUT2D eigenvalue weighted by Gasteiger charge is 2.65. The van der Waals surface area contributed by atoms with E-state index >= 15 is 8.78 Å². The lowest BCUT2D eigenvalue weighted by atomic mass is 9.64. The third-order valence-electron chi connectivity index (χ3n) is 9.45. The summed E-state index contributed by atoms with van der Waals surface area (Å²) in [4.78, 5) is 0.00974. The first kappa shape index (κ1) is 32.4. The minimum absolute atomic E-state index is 0.00974. The van der Waals surface area contributed by atoms with Crippen LogP contribution in [0.3, 0.4) is 0 Å². The van der Waals surface area contributed by atoms with Gasteiger partial charge in [-0.2, -0.15) is 4.31 Å². The highest BCUT2D eigenvalue weighted by atomic mass is 32.2. The summed E-state index contributed by atoms with van der Waals surface area (Å²) in [6.45, 7) is 5.73. The van der Waals surface area contributed by atoms with Gasteiger partial charge in [0, 0.05) is 18.5 Å². The van der Waals surface area contributed by atoms with Crippen molar-refractivity contribution in [2.45, 2.75) is 73.9 Å². The van der Waals surface area contributed by atoms with Crippen LogP contribution >= 0.6 is 0 Å². The van der Waals surface area contributed by atoms with E-state index in [1.165, 1.54) is 16.4 Å². The van der Waals surface area contributed by atoms with Gasteiger partial charge in [-0.3, -0.25) is 0 Å². The number of benzene rings is 3. The summed E-state index contributed by atoms with van der Waals surface area (Å²) in [5.41, 5.74) is 0.478. The van der Waals surface area contributed by atoms with Crippen molar-refractivity contribution in [3.8, 4) is 11.5 Å². The second kappa shape index (κ2) is 12.4. The number of fused-ring (bicyclic) bond motifs is 5. The van der Waals surface area contributed by atoms with Gasteiger partial charge in [-0.1, -0.05) is 51.1 Å². The van der Waals surface area contributed by atoms with E-state index in [0.717, 1.165) is 17.7 Å². The zero-order valence-electron chi connectivity index (χ0n) is 25.4. The smallest absolute Gasteiger partial charge is 0.217 e. The number of sulfonamides is 1. The van der Waals surface area contributed by atoms with E-state index in [9.17, 15) is 16.8 Å². The van der Waals surface area contributed by atoms with Crippen molar-refractivity contribution in [3.63, 3.8) is 0 Å². The van der Waals surface area contributed by atoms with Crippen LogP contribution in [0.5, 0.6) is 11.5 Å². The van der Waals surface area contributed by atoms with Gasteiger partial charge in [0.05, 0.1) is 29.4 Å². The van der Waals surface area contributed by atoms with E-state index in [0.29, 0.717) is 12.2 Å². The number of ether oxygens (including phenoxy) is 2. The number of hydrogen-bond donors (Lipinski definition) is 0. The first-order chi connectivity index (χ1) is 21.1. The van der Waals surface area contributed by atoms with Crippen molar-refractivity contribution in [2.24, 2.45) is 11.8 Å². The van der Waals surface area contributed by atoms with E-state index < -0.39 is 59.4 Å². The molecule has 11 heteroatoms. The molecule has 3 aromatic carbocycles. The highest BCUT2D eigenvalue weighted by Crippen LogP contribution is 2.60. The van der Waals surface area contributed by atoms with Crippen LogP contribution in [0.25, 0.3) is 0 Å². The lowest BCUT2D eigenvalue weighted by Crippen LogP contribution is -2.64. The monoisotopic (exact) mass is 647 g/mol. The molecule has 5 atom stereocenters. The maximum absolute atomic E-state index is 15.8. The van der Waals surface area contributed by atoms with Crippen LogP contribution in [0.15, 0.2) is 71.6 Å². The lowest BCUT2D eigenvalue weighted by Gasteiger charge is -2.57. The molecule has 0 unspecified atom stereocenters. The summed E-state index contributed by atoms with van der Waals surface area (Å²) in [6.07, 6.45) is 0.609. The molecule has 2 fully saturated rings. The molecule has 2 aliphatic heterocycles. The Bertz CT molecular complexity index is 1700. The first-order valence-corrected chi connectivity index (χ1v) is 18.1. The molecule has 44 heavy (non-hydrogen) atoms. The molecule has 1 saturated carbocycles. The van der Waals surface area contributed by atoms with Crippen LogP contribution in [-0.4, -0.2) is 46.1 Å². The Balaban J connectivity index is 0.00000188. The Labute approximate surface area is 259 Å². The molecule has 7 nitrogen and oxygen atoms in total. The fourth-order valence-electron chi connectivity index (χ4n) is 7.44. The van der Waals surface area contributed by atoms with Gasteiger partial charge in [0.2, 0.25) is 10.0 Å². The van der Waals surface area contributed by atoms with E-state index in [2.05, 4.69) is 0 Å². The van der Waals surface area contributed by atoms with E-state index in [-0.39, 0.29) is 48.6 Å². The van der Waals surface area contributed by atoms with Gasteiger partial charge in [-0.25, -0.2) is 25.6 Å². The van der Waals surface area contributed by atoms with Crippen molar-refractivity contribution in [1.29, 1.82) is 0 Å². The molecule has 1 aliphatic carbocycles. The molecule has 0 amide bonds. The second-order valence-corrected chi connectivity index (χ2v) is 15.7. The zero-order valence-corrected chi connectivity index (χ0v) is 27.0. The fraction of sp³-hybridized carbons (Fsp3) is 0.455. The summed E-state index contributed by atoms with van der Waals surface area (Å²) in [6, 6.07) is 16.3. The summed E-state index contributed by atoms with van der Waals surface area (Å²) >= 11 is 0. The average molecular weight is 648 g/mol. The van der Waals surface area contributed by atoms with Gasteiger partial charge in [-0.05, 0) is 73.6 Å². The van der Waals surface area contributed by atoms with Crippen LogP contribution in [-0.2, 0) is 31.2 Å². The number of hydrogen-bond acceptors (Lipinski definition) is 6. The molecular weight excluding hydrogens is 608 g/mol. The maximum Gasteiger partial charge on any atom is 0.217 e. The first-order valence-electron chi connectivity index (χ1n) is 15.1. The number of rotatable bonds is 6. The lowest BCUT2D eigenvalue weighted by molar-refractivity contribution is 0.0146. The Morgan fingerprint density at radius 2 is 1.66 bits per heavy atom. The third kappa shape index (κ3) is 5.01. The predicted octanol–water partition coefficient (Wildman–Crippen LogP) is 6.47. The van der Waals surface area contributed by atoms with Crippen LogP contribution < -0.4 is 9.47 Å². The Morgan fingerprint density at radius 3 is 2.30 bits per heavy atom. The predicted molar refractivity (Wildman–Crippen MR) is 165 cm³/mol. The van der Waals surface area contributed by atoms with Gasteiger partial charge in [0.1, 0.15) is 16.3 Å². The fourth-order valence-corrected chi connectivity index (χ4v) is 12.1. The quantitative estimate of drug-likeness (QED) is 0.305. The summed E-state index contributed by atoms with van der Waals surface area (Å²) in [5.74, 6) is -2.69. The highest BCUT2D eigenvalue weighted by molar-refractivity contribution is 7.92. The Morgan fingerprint density at radius 1 is 1.00 bits per heavy atom. The van der Waals surface area contributed by atoms with Crippen LogP contribution in [0.4, 0.5) is 8.78 Å². The van der Waals surface area contributed by atoms with E-state index in [1.54, 1.807) is 44.4 Å². The number of nitrogens with zero attached hydrogens (tertiary/aromatic N) is 1. The molecule has 0 radical (unpaired) electrons. The second-order valence-electron chi connectivity index (χ2n) is 11.3. The summed E-state index contributed by atoms with van der Waals surface area (Å²) < 4.78 is 98.9. The van der Waals surface area contributed by atoms with E-state index in [4.69, 9.17) is 9.47 Å². The molecule has 3 aromatic rings.